The number of hydrogen-bond acceptors (Lipinski definition) is 8. The summed E-state index contributed by atoms with van der Waals surface area (Å²) in [5.41, 5.74) is 5.36. The molecular formula is C53H96NO8P. The maximum atomic E-state index is 12.6. The average molecular weight is 906 g/mol. The molecular weight excluding hydrogens is 810 g/mol. The van der Waals surface area contributed by atoms with Gasteiger partial charge in [-0.05, 0) is 57.8 Å². The van der Waals surface area contributed by atoms with Gasteiger partial charge >= 0.3 is 19.8 Å². The SMILES string of the molecule is CC/C=C/C/C=C/C/C=C/C/C=C/C/C=C/CCCCCC(=O)O[C@H](COC(=O)CCCCCCCCCCCCCCCCCCCCCCCCC)COP(=O)(O)OCCN. The van der Waals surface area contributed by atoms with Crippen LogP contribution in [0.4, 0.5) is 0 Å². The number of rotatable bonds is 48. The van der Waals surface area contributed by atoms with E-state index in [1.165, 1.54) is 128 Å². The summed E-state index contributed by atoms with van der Waals surface area (Å²) < 4.78 is 32.9. The Kier molecular flexibility index (Phi) is 47.4. The standard InChI is InChI=1S/C53H96NO8P/c1-3-5-7-9-11-13-15-17-19-21-23-24-25-26-28-29-31-33-35-37-39-41-43-45-52(55)59-49-51(50-61-63(57,58)60-48-47-54)62-53(56)46-44-42-40-38-36-34-32-30-27-22-20-18-16-14-12-10-8-6-4-2/h6,8,12,14,18,20,27,30,34,36,51H,3-5,7,9-11,13,15-17,19,21-26,28-29,31-33,35,37-50,54H2,1-2H3,(H,57,58)/b8-6+,14-12+,20-18+,30-27+,36-34+/t51-/m1/s1. The van der Waals surface area contributed by atoms with Gasteiger partial charge in [-0.15, -0.1) is 0 Å². The smallest absolute Gasteiger partial charge is 0.462 e. The Morgan fingerprint density at radius 1 is 0.492 bits per heavy atom. The normalized spacial score (nSPS) is 13.7. The molecule has 0 aromatic heterocycles. The van der Waals surface area contributed by atoms with Crippen LogP contribution in [0.5, 0.6) is 0 Å². The molecule has 3 N–H and O–H groups in total. The molecule has 0 heterocycles. The summed E-state index contributed by atoms with van der Waals surface area (Å²) in [5, 5.41) is 0. The van der Waals surface area contributed by atoms with Gasteiger partial charge in [0.2, 0.25) is 0 Å². The van der Waals surface area contributed by atoms with Crippen molar-refractivity contribution in [3.05, 3.63) is 60.8 Å². The number of phosphoric acid groups is 1. The van der Waals surface area contributed by atoms with Crippen molar-refractivity contribution in [3.63, 3.8) is 0 Å². The number of hydrogen-bond donors (Lipinski definition) is 2. The first kappa shape index (κ1) is 60.7. The molecule has 10 heteroatoms. The molecule has 0 aliphatic carbocycles. The van der Waals surface area contributed by atoms with Gasteiger partial charge < -0.3 is 20.1 Å². The second-order valence-electron chi connectivity index (χ2n) is 17.0. The van der Waals surface area contributed by atoms with Crippen molar-refractivity contribution in [1.82, 2.24) is 0 Å². The Labute approximate surface area is 387 Å². The first-order valence-electron chi connectivity index (χ1n) is 25.8. The van der Waals surface area contributed by atoms with Crippen molar-refractivity contribution < 1.29 is 37.6 Å². The molecule has 0 saturated carbocycles. The topological polar surface area (TPSA) is 134 Å². The zero-order valence-corrected chi connectivity index (χ0v) is 41.4. The van der Waals surface area contributed by atoms with Crippen molar-refractivity contribution in [2.24, 2.45) is 5.73 Å². The number of esters is 2. The van der Waals surface area contributed by atoms with Crippen LogP contribution in [-0.2, 0) is 32.7 Å². The average Bonchev–Trinajstić information content (AvgIpc) is 3.27. The highest BCUT2D eigenvalue weighted by Crippen LogP contribution is 2.43. The van der Waals surface area contributed by atoms with E-state index in [1.54, 1.807) is 0 Å². The molecule has 0 spiro atoms. The number of phosphoric ester groups is 1. The quantitative estimate of drug-likeness (QED) is 0.0265. The number of unbranched alkanes of at least 4 members (excludes halogenated alkanes) is 25. The summed E-state index contributed by atoms with van der Waals surface area (Å²) in [6.07, 6.45) is 59.8. The van der Waals surface area contributed by atoms with Gasteiger partial charge in [0.1, 0.15) is 6.61 Å². The van der Waals surface area contributed by atoms with Crippen LogP contribution in [0.2, 0.25) is 0 Å². The lowest BCUT2D eigenvalue weighted by molar-refractivity contribution is -0.161. The summed E-state index contributed by atoms with van der Waals surface area (Å²) >= 11 is 0. The third-order valence-electron chi connectivity index (χ3n) is 10.9. The van der Waals surface area contributed by atoms with Crippen molar-refractivity contribution in [3.8, 4) is 0 Å². The predicted molar refractivity (Wildman–Crippen MR) is 266 cm³/mol. The van der Waals surface area contributed by atoms with E-state index in [4.69, 9.17) is 24.3 Å². The van der Waals surface area contributed by atoms with Crippen LogP contribution in [0.1, 0.15) is 232 Å². The van der Waals surface area contributed by atoms with Gasteiger partial charge in [0.15, 0.2) is 6.10 Å². The summed E-state index contributed by atoms with van der Waals surface area (Å²) in [7, 11) is -4.39. The molecule has 0 aliphatic rings. The predicted octanol–water partition coefficient (Wildman–Crippen LogP) is 15.6. The molecule has 0 aromatic carbocycles. The number of carbonyl (C=O) groups excluding carboxylic acids is 2. The van der Waals surface area contributed by atoms with Crippen LogP contribution < -0.4 is 5.73 Å². The zero-order valence-electron chi connectivity index (χ0n) is 40.6. The first-order chi connectivity index (χ1) is 30.8. The number of nitrogens with two attached hydrogens (primary N) is 1. The molecule has 2 atom stereocenters. The highest BCUT2D eigenvalue weighted by molar-refractivity contribution is 7.47. The molecule has 0 aliphatic heterocycles. The zero-order chi connectivity index (χ0) is 46.0. The van der Waals surface area contributed by atoms with Crippen LogP contribution in [-0.4, -0.2) is 49.3 Å². The van der Waals surface area contributed by atoms with Crippen molar-refractivity contribution in [2.75, 3.05) is 26.4 Å². The van der Waals surface area contributed by atoms with Crippen LogP contribution >= 0.6 is 7.82 Å². The molecule has 0 saturated heterocycles. The van der Waals surface area contributed by atoms with Gasteiger partial charge in [-0.3, -0.25) is 18.6 Å². The number of ether oxygens (including phenoxy) is 2. The van der Waals surface area contributed by atoms with Crippen LogP contribution in [0.15, 0.2) is 60.8 Å². The van der Waals surface area contributed by atoms with E-state index in [-0.39, 0.29) is 38.6 Å². The maximum Gasteiger partial charge on any atom is 0.472 e. The summed E-state index contributed by atoms with van der Waals surface area (Å²) in [6.45, 7) is 3.61. The Bertz CT molecular complexity index is 1220. The van der Waals surface area contributed by atoms with Gasteiger partial charge in [-0.2, -0.15) is 0 Å². The van der Waals surface area contributed by atoms with Crippen LogP contribution in [0, 0.1) is 0 Å². The third-order valence-corrected chi connectivity index (χ3v) is 11.9. The minimum absolute atomic E-state index is 0.0462. The molecule has 0 bridgehead atoms. The molecule has 366 valence electrons. The van der Waals surface area contributed by atoms with E-state index < -0.39 is 26.5 Å². The molecule has 1 unspecified atom stereocenters. The van der Waals surface area contributed by atoms with Crippen molar-refractivity contribution >= 4 is 19.8 Å². The minimum Gasteiger partial charge on any atom is -0.462 e. The Morgan fingerprint density at radius 2 is 0.873 bits per heavy atom. The van der Waals surface area contributed by atoms with Crippen molar-refractivity contribution in [1.29, 1.82) is 0 Å². The molecule has 0 fully saturated rings. The van der Waals surface area contributed by atoms with E-state index in [1.807, 2.05) is 0 Å². The largest absolute Gasteiger partial charge is 0.472 e. The summed E-state index contributed by atoms with van der Waals surface area (Å²) in [4.78, 5) is 35.0. The number of allylic oxidation sites excluding steroid dienone is 10. The lowest BCUT2D eigenvalue weighted by Gasteiger charge is -2.19. The lowest BCUT2D eigenvalue weighted by atomic mass is 10.0. The fourth-order valence-corrected chi connectivity index (χ4v) is 7.90. The molecule has 0 aromatic rings. The van der Waals surface area contributed by atoms with E-state index in [2.05, 4.69) is 74.6 Å². The second kappa shape index (κ2) is 49.2. The van der Waals surface area contributed by atoms with E-state index in [0.717, 1.165) is 70.6 Å². The van der Waals surface area contributed by atoms with Crippen LogP contribution in [0.3, 0.4) is 0 Å². The summed E-state index contributed by atoms with van der Waals surface area (Å²) in [5.74, 6) is -0.860. The monoisotopic (exact) mass is 906 g/mol. The van der Waals surface area contributed by atoms with Crippen molar-refractivity contribution in [2.45, 2.75) is 238 Å². The Balaban J connectivity index is 4.07. The second-order valence-corrected chi connectivity index (χ2v) is 18.5. The molecule has 63 heavy (non-hydrogen) atoms. The van der Waals surface area contributed by atoms with Gasteiger partial charge in [-0.1, -0.05) is 222 Å². The van der Waals surface area contributed by atoms with Gasteiger partial charge in [0.25, 0.3) is 0 Å². The fourth-order valence-electron chi connectivity index (χ4n) is 7.13. The van der Waals surface area contributed by atoms with Gasteiger partial charge in [0.05, 0.1) is 13.2 Å². The van der Waals surface area contributed by atoms with Crippen LogP contribution in [0.25, 0.3) is 0 Å². The minimum atomic E-state index is -4.39. The number of carbonyl (C=O) groups is 2. The van der Waals surface area contributed by atoms with E-state index in [0.29, 0.717) is 6.42 Å². The highest BCUT2D eigenvalue weighted by atomic mass is 31.2. The third kappa shape index (κ3) is 49.0. The van der Waals surface area contributed by atoms with Gasteiger partial charge in [0, 0.05) is 19.4 Å². The summed E-state index contributed by atoms with van der Waals surface area (Å²) in [6, 6.07) is 0. The fraction of sp³-hybridized carbons (Fsp3) is 0.774. The first-order valence-corrected chi connectivity index (χ1v) is 27.3. The molecule has 0 rings (SSSR count). The lowest BCUT2D eigenvalue weighted by Crippen LogP contribution is -2.29. The molecule has 9 nitrogen and oxygen atoms in total. The van der Waals surface area contributed by atoms with Gasteiger partial charge in [-0.25, -0.2) is 4.57 Å². The molecule has 0 radical (unpaired) electrons. The van der Waals surface area contributed by atoms with E-state index in [9.17, 15) is 19.0 Å². The Hall–Kier alpha value is -2.29. The van der Waals surface area contributed by atoms with E-state index >= 15 is 0 Å². The highest BCUT2D eigenvalue weighted by Gasteiger charge is 2.26. The Morgan fingerprint density at radius 3 is 1.30 bits per heavy atom. The maximum absolute atomic E-state index is 12.6. The molecule has 0 amide bonds.